The van der Waals surface area contributed by atoms with Crippen molar-refractivity contribution in [1.29, 1.82) is 0 Å². The molecule has 4 atom stereocenters. The second-order valence-electron chi connectivity index (χ2n) is 11.1. The van der Waals surface area contributed by atoms with Crippen LogP contribution in [0.15, 0.2) is 96.2 Å². The molecular formula is C32H31NO3S. The summed E-state index contributed by atoms with van der Waals surface area (Å²) in [6.45, 7) is 1.97. The van der Waals surface area contributed by atoms with Crippen molar-refractivity contribution in [3.63, 3.8) is 0 Å². The quantitative estimate of drug-likeness (QED) is 0.306. The predicted octanol–water partition coefficient (Wildman–Crippen LogP) is 6.57. The first kappa shape index (κ1) is 22.9. The molecule has 188 valence electrons. The van der Waals surface area contributed by atoms with Crippen LogP contribution >= 0.6 is 0 Å². The number of methoxy groups -OCH3 is 1. The first-order valence-electron chi connectivity index (χ1n) is 13.2. The third kappa shape index (κ3) is 2.92. The van der Waals surface area contributed by atoms with Crippen LogP contribution in [0.4, 0.5) is 0 Å². The molecule has 37 heavy (non-hydrogen) atoms. The largest absolute Gasteiger partial charge is 0.497 e. The SMILES string of the molecule is COc1ccc([C@]23c4cn(S(=O)(=O)c5ccc(C)cc5)cc4[C@@]4(CCC[C@@H]42)C[C@H]3c2ccccc2)cc1. The summed E-state index contributed by atoms with van der Waals surface area (Å²) in [6.07, 6.45) is 8.41. The molecule has 0 amide bonds. The van der Waals surface area contributed by atoms with Crippen LogP contribution in [-0.2, 0) is 20.9 Å². The summed E-state index contributed by atoms with van der Waals surface area (Å²) in [7, 11) is -1.99. The smallest absolute Gasteiger partial charge is 0.267 e. The molecule has 1 aromatic heterocycles. The van der Waals surface area contributed by atoms with Gasteiger partial charge in [0.15, 0.2) is 0 Å². The van der Waals surface area contributed by atoms with E-state index < -0.39 is 10.0 Å². The van der Waals surface area contributed by atoms with Gasteiger partial charge in [0.2, 0.25) is 0 Å². The summed E-state index contributed by atoms with van der Waals surface area (Å²) in [6, 6.07) is 26.5. The molecule has 4 aromatic rings. The maximum atomic E-state index is 13.8. The molecule has 5 heteroatoms. The van der Waals surface area contributed by atoms with Gasteiger partial charge in [0, 0.05) is 23.2 Å². The van der Waals surface area contributed by atoms with Crippen molar-refractivity contribution in [1.82, 2.24) is 3.97 Å². The maximum absolute atomic E-state index is 13.8. The fraction of sp³-hybridized carbons (Fsp3) is 0.312. The normalized spacial score (nSPS) is 27.7. The van der Waals surface area contributed by atoms with Crippen molar-refractivity contribution >= 4 is 10.0 Å². The Morgan fingerprint density at radius 3 is 2.30 bits per heavy atom. The summed E-state index contributed by atoms with van der Waals surface area (Å²) in [4.78, 5) is 0.331. The van der Waals surface area contributed by atoms with Gasteiger partial charge in [0.1, 0.15) is 5.75 Å². The minimum Gasteiger partial charge on any atom is -0.497 e. The molecule has 0 N–H and O–H groups in total. The van der Waals surface area contributed by atoms with E-state index in [1.165, 1.54) is 32.6 Å². The fourth-order valence-corrected chi connectivity index (χ4v) is 9.39. The molecule has 3 aromatic carbocycles. The van der Waals surface area contributed by atoms with Gasteiger partial charge in [-0.3, -0.25) is 0 Å². The lowest BCUT2D eigenvalue weighted by molar-refractivity contribution is 0.332. The molecule has 0 radical (unpaired) electrons. The van der Waals surface area contributed by atoms with E-state index in [2.05, 4.69) is 54.6 Å². The van der Waals surface area contributed by atoms with Crippen LogP contribution in [0.3, 0.4) is 0 Å². The molecule has 0 spiro atoms. The lowest BCUT2D eigenvalue weighted by Gasteiger charge is -2.40. The van der Waals surface area contributed by atoms with Gasteiger partial charge in [-0.2, -0.15) is 0 Å². The Morgan fingerprint density at radius 1 is 0.892 bits per heavy atom. The van der Waals surface area contributed by atoms with Crippen LogP contribution in [0.25, 0.3) is 0 Å². The number of benzene rings is 3. The highest BCUT2D eigenvalue weighted by Crippen LogP contribution is 2.76. The molecule has 0 aliphatic heterocycles. The number of aromatic nitrogens is 1. The Bertz CT molecular complexity index is 1590. The van der Waals surface area contributed by atoms with Crippen molar-refractivity contribution < 1.29 is 13.2 Å². The average molecular weight is 510 g/mol. The second-order valence-corrected chi connectivity index (χ2v) is 12.9. The Morgan fingerprint density at radius 2 is 1.59 bits per heavy atom. The third-order valence-corrected chi connectivity index (χ3v) is 11.2. The molecule has 3 aliphatic rings. The summed E-state index contributed by atoms with van der Waals surface area (Å²) in [5.41, 5.74) is 5.82. The Balaban J connectivity index is 1.48. The van der Waals surface area contributed by atoms with E-state index in [1.807, 2.05) is 31.5 Å². The van der Waals surface area contributed by atoms with Gasteiger partial charge in [-0.15, -0.1) is 0 Å². The van der Waals surface area contributed by atoms with Crippen LogP contribution in [0.1, 0.15) is 59.4 Å². The molecule has 2 saturated carbocycles. The van der Waals surface area contributed by atoms with Gasteiger partial charge < -0.3 is 4.74 Å². The van der Waals surface area contributed by atoms with Gasteiger partial charge in [-0.1, -0.05) is 66.6 Å². The molecule has 0 saturated heterocycles. The lowest BCUT2D eigenvalue weighted by atomic mass is 9.62. The van der Waals surface area contributed by atoms with E-state index in [-0.39, 0.29) is 16.7 Å². The first-order chi connectivity index (χ1) is 17.9. The van der Waals surface area contributed by atoms with E-state index in [4.69, 9.17) is 4.74 Å². The number of ether oxygens (including phenoxy) is 1. The van der Waals surface area contributed by atoms with Crippen molar-refractivity contribution in [2.24, 2.45) is 5.92 Å². The van der Waals surface area contributed by atoms with Crippen molar-refractivity contribution in [3.8, 4) is 5.75 Å². The highest BCUT2D eigenvalue weighted by atomic mass is 32.2. The van der Waals surface area contributed by atoms with Crippen LogP contribution in [0.5, 0.6) is 5.75 Å². The molecular weight excluding hydrogens is 478 g/mol. The maximum Gasteiger partial charge on any atom is 0.267 e. The fourth-order valence-electron chi connectivity index (χ4n) is 8.17. The number of aryl methyl sites for hydroxylation is 1. The minimum atomic E-state index is -3.69. The summed E-state index contributed by atoms with van der Waals surface area (Å²) in [5, 5.41) is 0. The first-order valence-corrected chi connectivity index (χ1v) is 14.6. The van der Waals surface area contributed by atoms with Crippen LogP contribution < -0.4 is 4.74 Å². The van der Waals surface area contributed by atoms with Gasteiger partial charge in [0.05, 0.1) is 12.0 Å². The minimum absolute atomic E-state index is 0.00378. The lowest BCUT2D eigenvalue weighted by Crippen LogP contribution is -2.35. The van der Waals surface area contributed by atoms with E-state index >= 15 is 0 Å². The monoisotopic (exact) mass is 509 g/mol. The van der Waals surface area contributed by atoms with Gasteiger partial charge >= 0.3 is 0 Å². The van der Waals surface area contributed by atoms with Gasteiger partial charge in [-0.05, 0) is 84.5 Å². The van der Waals surface area contributed by atoms with Gasteiger partial charge in [0.25, 0.3) is 10.0 Å². The average Bonchev–Trinajstić information content (AvgIpc) is 3.65. The van der Waals surface area contributed by atoms with E-state index in [0.717, 1.165) is 30.6 Å². The highest BCUT2D eigenvalue weighted by molar-refractivity contribution is 7.90. The van der Waals surface area contributed by atoms with Crippen LogP contribution in [0, 0.1) is 12.8 Å². The summed E-state index contributed by atoms with van der Waals surface area (Å²) in [5.74, 6) is 1.59. The molecule has 4 nitrogen and oxygen atoms in total. The van der Waals surface area contributed by atoms with Crippen molar-refractivity contribution in [2.75, 3.05) is 7.11 Å². The zero-order valence-electron chi connectivity index (χ0n) is 21.2. The zero-order valence-corrected chi connectivity index (χ0v) is 22.0. The van der Waals surface area contributed by atoms with Crippen LogP contribution in [0.2, 0.25) is 0 Å². The number of hydrogen-bond donors (Lipinski definition) is 0. The number of nitrogens with zero attached hydrogens (tertiary/aromatic N) is 1. The molecule has 1 heterocycles. The summed E-state index contributed by atoms with van der Waals surface area (Å²) >= 11 is 0. The molecule has 3 aliphatic carbocycles. The zero-order chi connectivity index (χ0) is 25.4. The van der Waals surface area contributed by atoms with Crippen molar-refractivity contribution in [3.05, 3.63) is 119 Å². The van der Waals surface area contributed by atoms with E-state index in [9.17, 15) is 8.42 Å². The van der Waals surface area contributed by atoms with Crippen LogP contribution in [-0.4, -0.2) is 19.5 Å². The molecule has 2 fully saturated rings. The Labute approximate surface area is 219 Å². The number of rotatable bonds is 5. The Kier molecular flexibility index (Phi) is 4.85. The molecule has 0 unspecified atom stereocenters. The number of hydrogen-bond acceptors (Lipinski definition) is 3. The topological polar surface area (TPSA) is 48.3 Å². The molecule has 2 bridgehead atoms. The predicted molar refractivity (Wildman–Crippen MR) is 145 cm³/mol. The van der Waals surface area contributed by atoms with E-state index in [1.54, 1.807) is 19.2 Å². The van der Waals surface area contributed by atoms with Gasteiger partial charge in [-0.25, -0.2) is 12.4 Å². The summed E-state index contributed by atoms with van der Waals surface area (Å²) < 4.78 is 34.6. The highest BCUT2D eigenvalue weighted by Gasteiger charge is 2.71. The third-order valence-electron chi connectivity index (χ3n) is 9.60. The molecule has 7 rings (SSSR count). The van der Waals surface area contributed by atoms with E-state index in [0.29, 0.717) is 10.8 Å². The second kappa shape index (κ2) is 7.84. The van der Waals surface area contributed by atoms with Crippen molar-refractivity contribution in [2.45, 2.75) is 54.3 Å². The Hall–Kier alpha value is -3.31. The number of fused-ring (bicyclic) bond motifs is 2. The standard InChI is InChI=1S/C32H31NO3S/c1-22-10-16-26(17-11-22)37(34,35)33-20-28-29(21-33)32(24-12-14-25(36-2)15-13-24)27(23-7-4-3-5-8-23)19-31(28)18-6-9-30(31)32/h3-5,7-8,10-17,20-21,27,30H,6,9,18-19H2,1-2H3/t27-,30-,31+,32-/m0/s1.